The number of nitrogens with two attached hydrogens (primary N) is 1. The molecule has 5 atom stereocenters. The number of carbonyl (C=O) groups is 2. The second-order valence-corrected chi connectivity index (χ2v) is 7.69. The molecule has 3 heterocycles. The van der Waals surface area contributed by atoms with Crippen molar-refractivity contribution in [2.24, 2.45) is 0 Å². The highest BCUT2D eigenvalue weighted by atomic mass is 19.4. The van der Waals surface area contributed by atoms with Crippen molar-refractivity contribution >= 4 is 29.1 Å². The standard InChI is InChI=1S/C18H18F7N5O6/c1-6(31)34-11-9(19)10(12(18(23,24)25)35-7(2)32)36-14(11)30-13-8(5-27-15(26)28-13)29(16(30)33)4-3-17(20,21)22/h5,9-12,14H,3-4H2,1-2H3,(H2,26,27,28)/t9-,10-,11+,12+,14+/m0/s1. The van der Waals surface area contributed by atoms with E-state index < -0.39 is 85.3 Å². The highest BCUT2D eigenvalue weighted by Gasteiger charge is 2.60. The minimum atomic E-state index is -5.35. The van der Waals surface area contributed by atoms with E-state index in [0.29, 0.717) is 16.1 Å². The molecule has 1 fully saturated rings. The van der Waals surface area contributed by atoms with Gasteiger partial charge in [0.2, 0.25) is 12.1 Å². The number of carbonyl (C=O) groups excluding carboxylic acids is 2. The first-order chi connectivity index (χ1) is 16.5. The van der Waals surface area contributed by atoms with E-state index in [1.54, 1.807) is 0 Å². The number of ether oxygens (including phenoxy) is 3. The van der Waals surface area contributed by atoms with E-state index in [1.165, 1.54) is 0 Å². The number of alkyl halides is 7. The second-order valence-electron chi connectivity index (χ2n) is 7.69. The van der Waals surface area contributed by atoms with Gasteiger partial charge in [-0.1, -0.05) is 0 Å². The largest absolute Gasteiger partial charge is 0.454 e. The number of rotatable bonds is 6. The van der Waals surface area contributed by atoms with Crippen LogP contribution in [0.3, 0.4) is 0 Å². The zero-order chi connectivity index (χ0) is 27.2. The molecular formula is C18H18F7N5O6. The van der Waals surface area contributed by atoms with Crippen LogP contribution in [-0.2, 0) is 30.3 Å². The third kappa shape index (κ3) is 5.52. The molecule has 2 aromatic heterocycles. The second kappa shape index (κ2) is 9.55. The maximum absolute atomic E-state index is 15.3. The number of hydrogen-bond acceptors (Lipinski definition) is 9. The van der Waals surface area contributed by atoms with Crippen LogP contribution in [-0.4, -0.2) is 67.9 Å². The maximum Gasteiger partial charge on any atom is 0.428 e. The Kier molecular flexibility index (Phi) is 7.20. The molecule has 1 aliphatic rings. The fraction of sp³-hybridized carbons (Fsp3) is 0.611. The summed E-state index contributed by atoms with van der Waals surface area (Å²) in [5.74, 6) is -3.12. The summed E-state index contributed by atoms with van der Waals surface area (Å²) in [4.78, 5) is 43.2. The number of halogens is 7. The summed E-state index contributed by atoms with van der Waals surface area (Å²) in [6.07, 6.45) is -23.7. The predicted molar refractivity (Wildman–Crippen MR) is 103 cm³/mol. The lowest BCUT2D eigenvalue weighted by molar-refractivity contribution is -0.252. The van der Waals surface area contributed by atoms with Gasteiger partial charge in [0.1, 0.15) is 11.6 Å². The van der Waals surface area contributed by atoms with Gasteiger partial charge in [-0.25, -0.2) is 18.7 Å². The molecule has 36 heavy (non-hydrogen) atoms. The Hall–Kier alpha value is -3.44. The molecule has 11 nitrogen and oxygen atoms in total. The van der Waals surface area contributed by atoms with E-state index in [1.807, 2.05) is 0 Å². The molecule has 0 aromatic carbocycles. The number of aromatic nitrogens is 4. The predicted octanol–water partition coefficient (Wildman–Crippen LogP) is 1.79. The summed E-state index contributed by atoms with van der Waals surface area (Å²) >= 11 is 0. The number of nitrogen functional groups attached to an aromatic ring is 1. The van der Waals surface area contributed by atoms with E-state index in [0.717, 1.165) is 13.1 Å². The van der Waals surface area contributed by atoms with Gasteiger partial charge in [0.25, 0.3) is 0 Å². The molecule has 2 N–H and O–H groups in total. The highest BCUT2D eigenvalue weighted by molar-refractivity contribution is 5.72. The fourth-order valence-electron chi connectivity index (χ4n) is 3.67. The minimum Gasteiger partial charge on any atom is -0.454 e. The molecule has 1 saturated heterocycles. The molecule has 0 saturated carbocycles. The van der Waals surface area contributed by atoms with Crippen LogP contribution >= 0.6 is 0 Å². The van der Waals surface area contributed by atoms with Crippen LogP contribution in [0, 0.1) is 0 Å². The first-order valence-electron chi connectivity index (χ1n) is 10.0. The van der Waals surface area contributed by atoms with E-state index in [4.69, 9.17) is 15.2 Å². The van der Waals surface area contributed by atoms with Crippen molar-refractivity contribution in [3.05, 3.63) is 16.7 Å². The Morgan fingerprint density at radius 2 is 1.83 bits per heavy atom. The van der Waals surface area contributed by atoms with E-state index >= 15 is 4.39 Å². The third-order valence-corrected chi connectivity index (χ3v) is 5.02. The van der Waals surface area contributed by atoms with Gasteiger partial charge in [-0.3, -0.25) is 14.2 Å². The Morgan fingerprint density at radius 1 is 1.19 bits per heavy atom. The van der Waals surface area contributed by atoms with Gasteiger partial charge in [-0.2, -0.15) is 31.3 Å². The van der Waals surface area contributed by atoms with Gasteiger partial charge in [-0.15, -0.1) is 0 Å². The smallest absolute Gasteiger partial charge is 0.428 e. The van der Waals surface area contributed by atoms with Crippen LogP contribution in [0.1, 0.15) is 26.5 Å². The summed E-state index contributed by atoms with van der Waals surface area (Å²) < 4.78 is 109. The average molecular weight is 533 g/mol. The van der Waals surface area contributed by atoms with Crippen LogP contribution in [0.2, 0.25) is 0 Å². The van der Waals surface area contributed by atoms with Crippen LogP contribution < -0.4 is 11.4 Å². The van der Waals surface area contributed by atoms with Crippen molar-refractivity contribution in [3.63, 3.8) is 0 Å². The molecule has 0 unspecified atom stereocenters. The topological polar surface area (TPSA) is 141 Å². The number of esters is 2. The van der Waals surface area contributed by atoms with Crippen LogP contribution in [0.25, 0.3) is 11.2 Å². The fourth-order valence-corrected chi connectivity index (χ4v) is 3.67. The number of aryl methyl sites for hydroxylation is 1. The zero-order valence-electron chi connectivity index (χ0n) is 18.3. The molecule has 200 valence electrons. The molecule has 0 spiro atoms. The summed E-state index contributed by atoms with van der Waals surface area (Å²) in [7, 11) is 0. The van der Waals surface area contributed by atoms with Crippen LogP contribution in [0.15, 0.2) is 11.0 Å². The summed E-state index contributed by atoms with van der Waals surface area (Å²) in [6, 6.07) is 0. The van der Waals surface area contributed by atoms with Gasteiger partial charge in [-0.05, 0) is 0 Å². The van der Waals surface area contributed by atoms with E-state index in [2.05, 4.69) is 14.7 Å². The molecule has 0 aliphatic carbocycles. The Morgan fingerprint density at radius 3 is 2.36 bits per heavy atom. The summed E-state index contributed by atoms with van der Waals surface area (Å²) in [5.41, 5.74) is 3.31. The van der Waals surface area contributed by atoms with Gasteiger partial charge in [0, 0.05) is 20.4 Å². The zero-order valence-corrected chi connectivity index (χ0v) is 18.3. The number of fused-ring (bicyclic) bond motifs is 1. The van der Waals surface area contributed by atoms with Crippen LogP contribution in [0.5, 0.6) is 0 Å². The number of hydrogen-bond donors (Lipinski definition) is 1. The van der Waals surface area contributed by atoms with Crippen molar-refractivity contribution in [1.29, 1.82) is 0 Å². The molecule has 0 bridgehead atoms. The monoisotopic (exact) mass is 533 g/mol. The van der Waals surface area contributed by atoms with Crippen LogP contribution in [0.4, 0.5) is 36.7 Å². The molecule has 3 rings (SSSR count). The molecule has 18 heteroatoms. The van der Waals surface area contributed by atoms with E-state index in [-0.39, 0.29) is 5.52 Å². The lowest BCUT2D eigenvalue weighted by Gasteiger charge is -2.26. The van der Waals surface area contributed by atoms with Crippen molar-refractivity contribution < 1.29 is 54.5 Å². The normalized spacial score (nSPS) is 23.6. The minimum absolute atomic E-state index is 0.338. The maximum atomic E-state index is 15.3. The van der Waals surface area contributed by atoms with E-state index in [9.17, 15) is 40.7 Å². The van der Waals surface area contributed by atoms with Gasteiger partial charge < -0.3 is 19.9 Å². The van der Waals surface area contributed by atoms with Crippen molar-refractivity contribution in [3.8, 4) is 0 Å². The molecular weight excluding hydrogens is 515 g/mol. The summed E-state index contributed by atoms with van der Waals surface area (Å²) in [5, 5.41) is 0. The molecule has 0 amide bonds. The summed E-state index contributed by atoms with van der Waals surface area (Å²) in [6.45, 7) is 0.450. The Balaban J connectivity index is 2.18. The Bertz CT molecular complexity index is 1210. The molecule has 1 aliphatic heterocycles. The molecule has 0 radical (unpaired) electrons. The first kappa shape index (κ1) is 27.2. The number of imidazole rings is 1. The first-order valence-corrected chi connectivity index (χ1v) is 10.0. The van der Waals surface area contributed by atoms with Crippen molar-refractivity contribution in [2.75, 3.05) is 5.73 Å². The molecule has 2 aromatic rings. The number of anilines is 1. The lowest BCUT2D eigenvalue weighted by Crippen LogP contribution is -2.47. The van der Waals surface area contributed by atoms with Gasteiger partial charge in [0.05, 0.1) is 12.6 Å². The lowest BCUT2D eigenvalue weighted by atomic mass is 10.1. The van der Waals surface area contributed by atoms with Gasteiger partial charge in [0.15, 0.2) is 24.2 Å². The third-order valence-electron chi connectivity index (χ3n) is 5.02. The van der Waals surface area contributed by atoms with Crippen molar-refractivity contribution in [1.82, 2.24) is 19.1 Å². The SMILES string of the molecule is CC(=O)O[C@@H]1[C@@H](F)[C@@H]([C@@H](OC(C)=O)C(F)(F)F)O[C@H]1n1c(=O)n(CCC(F)(F)F)c2cnc(N)nc21. The number of nitrogens with zero attached hydrogens (tertiary/aromatic N) is 4. The van der Waals surface area contributed by atoms with Crippen molar-refractivity contribution in [2.45, 2.75) is 69.9 Å². The van der Waals surface area contributed by atoms with Gasteiger partial charge >= 0.3 is 30.0 Å². The quantitative estimate of drug-likeness (QED) is 0.435. The Labute approximate surface area is 195 Å². The average Bonchev–Trinajstić information content (AvgIpc) is 3.16. The highest BCUT2D eigenvalue weighted by Crippen LogP contribution is 2.41.